The van der Waals surface area contributed by atoms with Crippen molar-refractivity contribution < 1.29 is 27.8 Å². The molecule has 0 radical (unpaired) electrons. The number of carbonyl (C=O) groups is 1. The van der Waals surface area contributed by atoms with Gasteiger partial charge in [0.2, 0.25) is 0 Å². The topological polar surface area (TPSA) is 92.4 Å². The van der Waals surface area contributed by atoms with Gasteiger partial charge in [-0.05, 0) is 49.7 Å². The summed E-state index contributed by atoms with van der Waals surface area (Å²) in [6.07, 6.45) is 4.75. The second-order valence-electron chi connectivity index (χ2n) is 7.62. The zero-order valence-electron chi connectivity index (χ0n) is 19.8. The maximum atomic E-state index is 13.7. The standard InChI is InChI=1S/C25H25F2N5O4/c1-3-34-23-7-5-17(11-24(23)35-4-2)14-32-15-19(13-28-32)29-25(33)21-9-10-31(30-21)16-36-22-8-6-18(26)12-20(22)27/h5-13,15H,3-4,14,16H2,1-2H3,(H,29,33). The fraction of sp³-hybridized carbons (Fsp3) is 0.240. The highest BCUT2D eigenvalue weighted by Gasteiger charge is 2.13. The molecule has 0 unspecified atom stereocenters. The molecule has 2 aromatic carbocycles. The number of aromatic nitrogens is 4. The van der Waals surface area contributed by atoms with Crippen LogP contribution in [0, 0.1) is 11.6 Å². The average Bonchev–Trinajstić information content (AvgIpc) is 3.50. The van der Waals surface area contributed by atoms with E-state index >= 15 is 0 Å². The zero-order valence-corrected chi connectivity index (χ0v) is 19.8. The second-order valence-corrected chi connectivity index (χ2v) is 7.62. The van der Waals surface area contributed by atoms with Gasteiger partial charge in [0.1, 0.15) is 5.82 Å². The fourth-order valence-electron chi connectivity index (χ4n) is 3.37. The van der Waals surface area contributed by atoms with Gasteiger partial charge in [-0.2, -0.15) is 10.2 Å². The molecule has 1 N–H and O–H groups in total. The first-order chi connectivity index (χ1) is 17.4. The molecular weight excluding hydrogens is 472 g/mol. The van der Waals surface area contributed by atoms with Crippen molar-refractivity contribution in [3.05, 3.63) is 83.9 Å². The highest BCUT2D eigenvalue weighted by Crippen LogP contribution is 2.29. The Kier molecular flexibility index (Phi) is 7.79. The number of hydrogen-bond acceptors (Lipinski definition) is 6. The predicted octanol–water partition coefficient (Wildman–Crippen LogP) is 4.49. The molecule has 188 valence electrons. The molecule has 0 atom stereocenters. The minimum atomic E-state index is -0.823. The van der Waals surface area contributed by atoms with Crippen LogP contribution in [0.5, 0.6) is 17.2 Å². The first-order valence-corrected chi connectivity index (χ1v) is 11.3. The summed E-state index contributed by atoms with van der Waals surface area (Å²) in [4.78, 5) is 12.6. The van der Waals surface area contributed by atoms with Crippen molar-refractivity contribution in [2.75, 3.05) is 18.5 Å². The summed E-state index contributed by atoms with van der Waals surface area (Å²) in [6, 6.07) is 10.2. The van der Waals surface area contributed by atoms with E-state index in [9.17, 15) is 13.6 Å². The lowest BCUT2D eigenvalue weighted by Crippen LogP contribution is -2.14. The first-order valence-electron chi connectivity index (χ1n) is 11.3. The summed E-state index contributed by atoms with van der Waals surface area (Å²) in [6.45, 7) is 5.20. The molecule has 2 heterocycles. The molecule has 11 heteroatoms. The van der Waals surface area contributed by atoms with Crippen LogP contribution in [0.4, 0.5) is 14.5 Å². The van der Waals surface area contributed by atoms with Crippen molar-refractivity contribution in [1.29, 1.82) is 0 Å². The molecule has 0 saturated carbocycles. The molecule has 36 heavy (non-hydrogen) atoms. The van der Waals surface area contributed by atoms with Gasteiger partial charge < -0.3 is 19.5 Å². The number of halogens is 2. The van der Waals surface area contributed by atoms with Gasteiger partial charge in [-0.15, -0.1) is 0 Å². The van der Waals surface area contributed by atoms with Crippen LogP contribution in [-0.4, -0.2) is 38.7 Å². The Morgan fingerprint density at radius 2 is 1.72 bits per heavy atom. The summed E-state index contributed by atoms with van der Waals surface area (Å²) < 4.78 is 46.3. The van der Waals surface area contributed by atoms with Crippen molar-refractivity contribution in [2.24, 2.45) is 0 Å². The van der Waals surface area contributed by atoms with E-state index in [-0.39, 0.29) is 18.2 Å². The maximum absolute atomic E-state index is 13.7. The normalized spacial score (nSPS) is 10.8. The molecule has 1 amide bonds. The highest BCUT2D eigenvalue weighted by atomic mass is 19.1. The number of hydrogen-bond donors (Lipinski definition) is 1. The van der Waals surface area contributed by atoms with Gasteiger partial charge in [0.25, 0.3) is 5.91 Å². The molecule has 0 aliphatic rings. The Labute approximate surface area is 206 Å². The minimum Gasteiger partial charge on any atom is -0.490 e. The van der Waals surface area contributed by atoms with E-state index in [1.165, 1.54) is 29.2 Å². The fourth-order valence-corrected chi connectivity index (χ4v) is 3.37. The smallest absolute Gasteiger partial charge is 0.276 e. The van der Waals surface area contributed by atoms with E-state index in [2.05, 4.69) is 15.5 Å². The van der Waals surface area contributed by atoms with E-state index in [4.69, 9.17) is 14.2 Å². The molecule has 0 fully saturated rings. The Morgan fingerprint density at radius 1 is 0.944 bits per heavy atom. The van der Waals surface area contributed by atoms with Crippen LogP contribution in [0.3, 0.4) is 0 Å². The summed E-state index contributed by atoms with van der Waals surface area (Å²) >= 11 is 0. The lowest BCUT2D eigenvalue weighted by Gasteiger charge is -2.12. The molecule has 9 nitrogen and oxygen atoms in total. The van der Waals surface area contributed by atoms with Crippen molar-refractivity contribution >= 4 is 11.6 Å². The Bertz CT molecular complexity index is 1340. The lowest BCUT2D eigenvalue weighted by atomic mass is 10.2. The number of benzene rings is 2. The van der Waals surface area contributed by atoms with Crippen LogP contribution >= 0.6 is 0 Å². The third kappa shape index (κ3) is 6.17. The summed E-state index contributed by atoms with van der Waals surface area (Å²) in [5.74, 6) is -0.733. The zero-order chi connectivity index (χ0) is 25.5. The van der Waals surface area contributed by atoms with Crippen LogP contribution in [0.25, 0.3) is 0 Å². The number of amides is 1. The molecule has 4 aromatic rings. The van der Waals surface area contributed by atoms with Gasteiger partial charge in [-0.1, -0.05) is 6.07 Å². The minimum absolute atomic E-state index is 0.119. The van der Waals surface area contributed by atoms with Crippen molar-refractivity contribution in [1.82, 2.24) is 19.6 Å². The van der Waals surface area contributed by atoms with Crippen LogP contribution in [-0.2, 0) is 13.3 Å². The molecule has 0 spiro atoms. The van der Waals surface area contributed by atoms with Gasteiger partial charge >= 0.3 is 0 Å². The van der Waals surface area contributed by atoms with Crippen LogP contribution in [0.15, 0.2) is 61.1 Å². The Morgan fingerprint density at radius 3 is 2.50 bits per heavy atom. The van der Waals surface area contributed by atoms with Crippen molar-refractivity contribution in [3.8, 4) is 17.2 Å². The number of anilines is 1. The molecule has 2 aromatic heterocycles. The van der Waals surface area contributed by atoms with Gasteiger partial charge in [0.15, 0.2) is 35.5 Å². The van der Waals surface area contributed by atoms with Crippen molar-refractivity contribution in [3.63, 3.8) is 0 Å². The number of ether oxygens (including phenoxy) is 3. The lowest BCUT2D eigenvalue weighted by molar-refractivity contribution is 0.102. The van der Waals surface area contributed by atoms with Gasteiger partial charge in [0, 0.05) is 18.5 Å². The maximum Gasteiger partial charge on any atom is 0.276 e. The number of nitrogens with zero attached hydrogens (tertiary/aromatic N) is 4. The van der Waals surface area contributed by atoms with Gasteiger partial charge in [-0.25, -0.2) is 13.5 Å². The van der Waals surface area contributed by atoms with Crippen molar-refractivity contribution in [2.45, 2.75) is 27.1 Å². The number of carbonyl (C=O) groups excluding carboxylic acids is 1. The van der Waals surface area contributed by atoms with Crippen LogP contribution in [0.2, 0.25) is 0 Å². The summed E-state index contributed by atoms with van der Waals surface area (Å²) in [7, 11) is 0. The third-order valence-corrected chi connectivity index (χ3v) is 4.96. The average molecular weight is 498 g/mol. The van der Waals surface area contributed by atoms with E-state index in [1.807, 2.05) is 32.0 Å². The first kappa shape index (κ1) is 24.7. The van der Waals surface area contributed by atoms with Gasteiger partial charge in [0.05, 0.1) is 31.6 Å². The van der Waals surface area contributed by atoms with E-state index in [1.54, 1.807) is 10.9 Å². The molecule has 0 aliphatic carbocycles. The Hall–Kier alpha value is -4.41. The monoisotopic (exact) mass is 497 g/mol. The molecule has 0 saturated heterocycles. The molecular formula is C25H25F2N5O4. The van der Waals surface area contributed by atoms with E-state index in [0.29, 0.717) is 36.9 Å². The van der Waals surface area contributed by atoms with Crippen LogP contribution in [0.1, 0.15) is 29.9 Å². The largest absolute Gasteiger partial charge is 0.490 e. The summed E-state index contributed by atoms with van der Waals surface area (Å²) in [5.41, 5.74) is 1.59. The number of nitrogens with one attached hydrogen (secondary N) is 1. The third-order valence-electron chi connectivity index (χ3n) is 4.96. The van der Waals surface area contributed by atoms with Gasteiger partial charge in [-0.3, -0.25) is 9.48 Å². The molecule has 0 bridgehead atoms. The molecule has 4 rings (SSSR count). The Balaban J connectivity index is 1.34. The predicted molar refractivity (Wildman–Crippen MR) is 127 cm³/mol. The second kappa shape index (κ2) is 11.3. The van der Waals surface area contributed by atoms with Crippen LogP contribution < -0.4 is 19.5 Å². The SMILES string of the molecule is CCOc1ccc(Cn2cc(NC(=O)c3ccn(COc4ccc(F)cc4F)n3)cn2)cc1OCC. The van der Waals surface area contributed by atoms with E-state index < -0.39 is 17.5 Å². The van der Waals surface area contributed by atoms with E-state index in [0.717, 1.165) is 17.7 Å². The molecule has 0 aliphatic heterocycles. The quantitative estimate of drug-likeness (QED) is 0.328. The summed E-state index contributed by atoms with van der Waals surface area (Å²) in [5, 5.41) is 11.2. The highest BCUT2D eigenvalue weighted by molar-refractivity contribution is 6.02. The number of rotatable bonds is 11.